The molecule has 1 aromatic carbocycles. The van der Waals surface area contributed by atoms with Crippen molar-refractivity contribution in [2.45, 2.75) is 33.7 Å². The van der Waals surface area contributed by atoms with Crippen molar-refractivity contribution in [2.75, 3.05) is 6.54 Å². The lowest BCUT2D eigenvalue weighted by Crippen LogP contribution is -2.30. The Morgan fingerprint density at radius 2 is 2.00 bits per heavy atom. The SMILES string of the molecule is CCNC(=O)/N=c1/sn(CC)c(=O)n1-c1ccccc1CC. The molecule has 6 nitrogen and oxygen atoms in total. The van der Waals surface area contributed by atoms with Crippen molar-refractivity contribution in [3.8, 4) is 5.69 Å². The van der Waals surface area contributed by atoms with Gasteiger partial charge in [-0.15, -0.1) is 0 Å². The summed E-state index contributed by atoms with van der Waals surface area (Å²) < 4.78 is 3.10. The average molecular weight is 320 g/mol. The topological polar surface area (TPSA) is 68.4 Å². The monoisotopic (exact) mass is 320 g/mol. The first-order valence-corrected chi connectivity index (χ1v) is 8.13. The Labute approximate surface area is 132 Å². The van der Waals surface area contributed by atoms with E-state index in [1.165, 1.54) is 16.1 Å². The number of para-hydroxylation sites is 1. The Morgan fingerprint density at radius 3 is 2.64 bits per heavy atom. The van der Waals surface area contributed by atoms with Crippen LogP contribution < -0.4 is 15.8 Å². The predicted octanol–water partition coefficient (Wildman–Crippen LogP) is 1.91. The van der Waals surface area contributed by atoms with E-state index in [1.54, 1.807) is 3.96 Å². The van der Waals surface area contributed by atoms with Crippen molar-refractivity contribution in [1.29, 1.82) is 0 Å². The molecule has 0 unspecified atom stereocenters. The van der Waals surface area contributed by atoms with E-state index in [0.29, 0.717) is 17.9 Å². The van der Waals surface area contributed by atoms with Gasteiger partial charge in [0.05, 0.1) is 5.69 Å². The van der Waals surface area contributed by atoms with Gasteiger partial charge in [0.2, 0.25) is 4.80 Å². The van der Waals surface area contributed by atoms with Gasteiger partial charge in [-0.05, 0) is 43.4 Å². The molecule has 1 heterocycles. The summed E-state index contributed by atoms with van der Waals surface area (Å²) in [7, 11) is 0. The van der Waals surface area contributed by atoms with Crippen LogP contribution in [-0.4, -0.2) is 21.1 Å². The molecule has 7 heteroatoms. The van der Waals surface area contributed by atoms with E-state index in [-0.39, 0.29) is 5.69 Å². The third-order valence-corrected chi connectivity index (χ3v) is 4.29. The molecule has 0 fully saturated rings. The number of carbonyl (C=O) groups is 1. The minimum absolute atomic E-state index is 0.170. The van der Waals surface area contributed by atoms with E-state index in [1.807, 2.05) is 45.0 Å². The molecule has 1 N–H and O–H groups in total. The zero-order valence-electron chi connectivity index (χ0n) is 13.0. The maximum Gasteiger partial charge on any atom is 0.344 e. The number of nitrogens with one attached hydrogen (secondary N) is 1. The summed E-state index contributed by atoms with van der Waals surface area (Å²) in [4.78, 5) is 28.8. The first kappa shape index (κ1) is 16.2. The highest BCUT2D eigenvalue weighted by Crippen LogP contribution is 2.12. The Hall–Kier alpha value is -2.15. The molecule has 1 aromatic heterocycles. The quantitative estimate of drug-likeness (QED) is 0.935. The molecule has 0 atom stereocenters. The fourth-order valence-electron chi connectivity index (χ4n) is 2.15. The summed E-state index contributed by atoms with van der Waals surface area (Å²) in [5.74, 6) is 0. The van der Waals surface area contributed by atoms with Crippen LogP contribution in [0.2, 0.25) is 0 Å². The fourth-order valence-corrected chi connectivity index (χ4v) is 3.02. The van der Waals surface area contributed by atoms with Gasteiger partial charge in [0.25, 0.3) is 0 Å². The lowest BCUT2D eigenvalue weighted by Gasteiger charge is -2.07. The number of benzene rings is 1. The molecule has 0 aliphatic heterocycles. The van der Waals surface area contributed by atoms with Crippen LogP contribution in [-0.2, 0) is 13.0 Å². The van der Waals surface area contributed by atoms with Crippen molar-refractivity contribution >= 4 is 17.6 Å². The molecular weight excluding hydrogens is 300 g/mol. The number of hydrogen-bond donors (Lipinski definition) is 1. The van der Waals surface area contributed by atoms with Crippen LogP contribution in [0.3, 0.4) is 0 Å². The van der Waals surface area contributed by atoms with Crippen molar-refractivity contribution < 1.29 is 4.79 Å². The van der Waals surface area contributed by atoms with Crippen LogP contribution in [0.4, 0.5) is 4.79 Å². The van der Waals surface area contributed by atoms with Gasteiger partial charge in [0, 0.05) is 13.1 Å². The molecular formula is C15H20N4O2S. The zero-order valence-corrected chi connectivity index (χ0v) is 13.8. The van der Waals surface area contributed by atoms with Gasteiger partial charge in [-0.3, -0.25) is 0 Å². The molecule has 2 amide bonds. The number of hydrogen-bond acceptors (Lipinski definition) is 3. The maximum absolute atomic E-state index is 12.6. The number of aromatic nitrogens is 2. The van der Waals surface area contributed by atoms with Crippen LogP contribution in [0.5, 0.6) is 0 Å². The van der Waals surface area contributed by atoms with Crippen LogP contribution in [0.25, 0.3) is 5.69 Å². The highest BCUT2D eigenvalue weighted by atomic mass is 32.1. The molecule has 118 valence electrons. The summed E-state index contributed by atoms with van der Waals surface area (Å²) in [6, 6.07) is 7.24. The van der Waals surface area contributed by atoms with Gasteiger partial charge < -0.3 is 5.32 Å². The number of rotatable bonds is 4. The van der Waals surface area contributed by atoms with E-state index in [0.717, 1.165) is 17.7 Å². The fraction of sp³-hybridized carbons (Fsp3) is 0.400. The smallest absolute Gasteiger partial charge is 0.336 e. The Morgan fingerprint density at radius 1 is 1.27 bits per heavy atom. The van der Waals surface area contributed by atoms with Crippen LogP contribution in [0.15, 0.2) is 34.1 Å². The van der Waals surface area contributed by atoms with Crippen molar-refractivity contribution in [2.24, 2.45) is 4.99 Å². The van der Waals surface area contributed by atoms with Crippen LogP contribution >= 0.6 is 11.5 Å². The van der Waals surface area contributed by atoms with E-state index >= 15 is 0 Å². The van der Waals surface area contributed by atoms with E-state index in [2.05, 4.69) is 10.3 Å². The number of aryl methyl sites for hydroxylation is 2. The first-order chi connectivity index (χ1) is 10.6. The molecule has 0 saturated carbocycles. The summed E-state index contributed by atoms with van der Waals surface area (Å²) in [6.07, 6.45) is 0.797. The van der Waals surface area contributed by atoms with Crippen molar-refractivity contribution in [1.82, 2.24) is 13.8 Å². The lowest BCUT2D eigenvalue weighted by molar-refractivity contribution is 0.249. The van der Waals surface area contributed by atoms with Gasteiger partial charge in [-0.25, -0.2) is 18.1 Å². The van der Waals surface area contributed by atoms with E-state index < -0.39 is 6.03 Å². The van der Waals surface area contributed by atoms with Gasteiger partial charge in [0.1, 0.15) is 0 Å². The second kappa shape index (κ2) is 7.22. The molecule has 0 aliphatic carbocycles. The van der Waals surface area contributed by atoms with E-state index in [9.17, 15) is 9.59 Å². The molecule has 0 bridgehead atoms. The summed E-state index contributed by atoms with van der Waals surface area (Å²) in [6.45, 7) is 6.79. The van der Waals surface area contributed by atoms with Crippen LogP contribution in [0.1, 0.15) is 26.3 Å². The second-order valence-electron chi connectivity index (χ2n) is 4.62. The maximum atomic E-state index is 12.6. The summed E-state index contributed by atoms with van der Waals surface area (Å²) >= 11 is 1.19. The van der Waals surface area contributed by atoms with Gasteiger partial charge in [-0.1, -0.05) is 25.1 Å². The van der Waals surface area contributed by atoms with Gasteiger partial charge in [-0.2, -0.15) is 4.99 Å². The molecule has 0 aliphatic rings. The largest absolute Gasteiger partial charge is 0.344 e. The average Bonchev–Trinajstić information content (AvgIpc) is 2.83. The molecule has 0 saturated heterocycles. The Bertz CT molecular complexity index is 785. The Kier molecular flexibility index (Phi) is 5.32. The standard InChI is InChI=1S/C15H20N4O2S/c1-4-11-9-7-8-10-12(11)19-14(17-13(20)16-5-2)22-18(6-3)15(19)21/h7-10H,4-6H2,1-3H3,(H,16,20)/b17-14+. The molecule has 2 rings (SSSR count). The second-order valence-corrected chi connectivity index (χ2v) is 5.60. The minimum atomic E-state index is -0.435. The molecule has 22 heavy (non-hydrogen) atoms. The lowest BCUT2D eigenvalue weighted by atomic mass is 10.1. The minimum Gasteiger partial charge on any atom is -0.336 e. The zero-order chi connectivity index (χ0) is 16.1. The normalized spacial score (nSPS) is 11.7. The van der Waals surface area contributed by atoms with E-state index in [4.69, 9.17) is 0 Å². The third-order valence-electron chi connectivity index (χ3n) is 3.21. The van der Waals surface area contributed by atoms with Gasteiger partial charge >= 0.3 is 11.7 Å². The number of amides is 2. The Balaban J connectivity index is 2.71. The highest BCUT2D eigenvalue weighted by molar-refractivity contribution is 7.03. The number of carbonyl (C=O) groups excluding carboxylic acids is 1. The molecule has 0 spiro atoms. The van der Waals surface area contributed by atoms with Crippen LogP contribution in [0, 0.1) is 0 Å². The highest BCUT2D eigenvalue weighted by Gasteiger charge is 2.13. The number of urea groups is 1. The van der Waals surface area contributed by atoms with Crippen molar-refractivity contribution in [3.63, 3.8) is 0 Å². The number of nitrogens with zero attached hydrogens (tertiary/aromatic N) is 3. The summed E-state index contributed by atoms with van der Waals surface area (Å²) in [5, 5.41) is 2.62. The molecule has 0 radical (unpaired) electrons. The molecule has 2 aromatic rings. The van der Waals surface area contributed by atoms with Crippen molar-refractivity contribution in [3.05, 3.63) is 45.1 Å². The first-order valence-electron chi connectivity index (χ1n) is 7.36. The predicted molar refractivity (Wildman–Crippen MR) is 87.6 cm³/mol. The third kappa shape index (κ3) is 3.19. The summed E-state index contributed by atoms with van der Waals surface area (Å²) in [5.41, 5.74) is 1.65. The van der Waals surface area contributed by atoms with Gasteiger partial charge in [0.15, 0.2) is 0 Å².